The number of rotatable bonds is 10. The van der Waals surface area contributed by atoms with Crippen LogP contribution in [0.5, 0.6) is 5.75 Å². The van der Waals surface area contributed by atoms with E-state index in [1.165, 1.54) is 12.1 Å². The SMILES string of the molecule is CCNC(=NCc1cc(Cl)ccc1OC(F)F)NCCCc1nc(C(C)C)no1. The molecule has 0 aliphatic heterocycles. The number of hydrogen-bond donors (Lipinski definition) is 2. The molecule has 1 aromatic carbocycles. The van der Waals surface area contributed by atoms with Gasteiger partial charge in [0.2, 0.25) is 5.89 Å². The Bertz CT molecular complexity index is 799. The Hall–Kier alpha value is -2.42. The van der Waals surface area contributed by atoms with Gasteiger partial charge in [0.1, 0.15) is 5.75 Å². The number of nitrogens with one attached hydrogen (secondary N) is 2. The van der Waals surface area contributed by atoms with E-state index in [9.17, 15) is 8.78 Å². The molecule has 0 saturated heterocycles. The summed E-state index contributed by atoms with van der Waals surface area (Å²) in [5, 5.41) is 10.7. The van der Waals surface area contributed by atoms with E-state index in [1.54, 1.807) is 6.07 Å². The predicted octanol–water partition coefficient (Wildman–Crippen LogP) is 4.14. The van der Waals surface area contributed by atoms with Crippen molar-refractivity contribution in [2.45, 2.75) is 52.7 Å². The van der Waals surface area contributed by atoms with Crippen LogP contribution >= 0.6 is 11.6 Å². The van der Waals surface area contributed by atoms with E-state index in [0.717, 1.165) is 6.42 Å². The minimum atomic E-state index is -2.91. The van der Waals surface area contributed by atoms with Gasteiger partial charge in [0, 0.05) is 36.0 Å². The van der Waals surface area contributed by atoms with Crippen LogP contribution in [0.25, 0.3) is 0 Å². The van der Waals surface area contributed by atoms with Gasteiger partial charge in [0.15, 0.2) is 11.8 Å². The monoisotopic (exact) mass is 429 g/mol. The molecule has 7 nitrogen and oxygen atoms in total. The van der Waals surface area contributed by atoms with E-state index in [1.807, 2.05) is 20.8 Å². The highest BCUT2D eigenvalue weighted by Crippen LogP contribution is 2.25. The summed E-state index contributed by atoms with van der Waals surface area (Å²) in [7, 11) is 0. The number of alkyl halides is 2. The number of halogens is 3. The molecule has 0 unspecified atom stereocenters. The lowest BCUT2D eigenvalue weighted by atomic mass is 10.2. The Morgan fingerprint density at radius 1 is 1.31 bits per heavy atom. The predicted molar refractivity (Wildman–Crippen MR) is 108 cm³/mol. The zero-order valence-corrected chi connectivity index (χ0v) is 17.5. The van der Waals surface area contributed by atoms with Crippen LogP contribution in [0.3, 0.4) is 0 Å². The fourth-order valence-corrected chi connectivity index (χ4v) is 2.63. The molecule has 0 saturated carbocycles. The highest BCUT2D eigenvalue weighted by Gasteiger charge is 2.11. The maximum Gasteiger partial charge on any atom is 0.387 e. The molecular weight excluding hydrogens is 404 g/mol. The van der Waals surface area contributed by atoms with Gasteiger partial charge < -0.3 is 19.9 Å². The number of aryl methyl sites for hydroxylation is 1. The van der Waals surface area contributed by atoms with Crippen LogP contribution in [-0.2, 0) is 13.0 Å². The van der Waals surface area contributed by atoms with E-state index in [2.05, 4.69) is 30.5 Å². The summed E-state index contributed by atoms with van der Waals surface area (Å²) in [5.74, 6) is 2.14. The third-order valence-electron chi connectivity index (χ3n) is 3.85. The maximum atomic E-state index is 12.6. The van der Waals surface area contributed by atoms with Crippen LogP contribution in [0.15, 0.2) is 27.7 Å². The molecule has 1 heterocycles. The van der Waals surface area contributed by atoms with Crippen LogP contribution < -0.4 is 15.4 Å². The fourth-order valence-electron chi connectivity index (χ4n) is 2.44. The molecule has 0 spiro atoms. The molecule has 0 radical (unpaired) electrons. The van der Waals surface area contributed by atoms with Crippen molar-refractivity contribution in [2.24, 2.45) is 4.99 Å². The van der Waals surface area contributed by atoms with Gasteiger partial charge in [-0.1, -0.05) is 30.6 Å². The smallest absolute Gasteiger partial charge is 0.387 e. The van der Waals surface area contributed by atoms with Crippen LogP contribution in [-0.4, -0.2) is 35.8 Å². The number of hydrogen-bond acceptors (Lipinski definition) is 5. The van der Waals surface area contributed by atoms with Crippen LogP contribution in [0.4, 0.5) is 8.78 Å². The molecule has 2 aromatic rings. The number of ether oxygens (including phenoxy) is 1. The third kappa shape index (κ3) is 7.84. The fraction of sp³-hybridized carbons (Fsp3) is 0.526. The standard InChI is InChI=1S/C19H26ClF2N5O2/c1-4-23-19(24-9-5-6-16-26-17(12(2)3)27-29-16)25-11-13-10-14(20)7-8-15(13)28-18(21)22/h7-8,10,12,18H,4-6,9,11H2,1-3H3,(H2,23,24,25). The highest BCUT2D eigenvalue weighted by molar-refractivity contribution is 6.30. The third-order valence-corrected chi connectivity index (χ3v) is 4.09. The minimum absolute atomic E-state index is 0.0568. The number of aliphatic imine (C=N–C) groups is 1. The van der Waals surface area contributed by atoms with Gasteiger partial charge in [-0.25, -0.2) is 4.99 Å². The average Bonchev–Trinajstić information content (AvgIpc) is 3.14. The number of benzene rings is 1. The second-order valence-corrected chi connectivity index (χ2v) is 6.99. The summed E-state index contributed by atoms with van der Waals surface area (Å²) in [4.78, 5) is 8.77. The van der Waals surface area contributed by atoms with Crippen molar-refractivity contribution in [2.75, 3.05) is 13.1 Å². The van der Waals surface area contributed by atoms with Crippen molar-refractivity contribution < 1.29 is 18.0 Å². The summed E-state index contributed by atoms with van der Waals surface area (Å²) in [6.45, 7) is 4.46. The quantitative estimate of drug-likeness (QED) is 0.335. The molecule has 160 valence electrons. The Balaban J connectivity index is 1.91. The lowest BCUT2D eigenvalue weighted by Gasteiger charge is -2.13. The van der Waals surface area contributed by atoms with Crippen molar-refractivity contribution in [1.29, 1.82) is 0 Å². The van der Waals surface area contributed by atoms with E-state index in [-0.39, 0.29) is 18.2 Å². The lowest BCUT2D eigenvalue weighted by Crippen LogP contribution is -2.37. The molecule has 0 atom stereocenters. The largest absolute Gasteiger partial charge is 0.434 e. The summed E-state index contributed by atoms with van der Waals surface area (Å²) in [6, 6.07) is 4.47. The van der Waals surface area contributed by atoms with E-state index in [0.29, 0.717) is 47.8 Å². The van der Waals surface area contributed by atoms with Crippen LogP contribution in [0.2, 0.25) is 5.02 Å². The number of guanidine groups is 1. The molecule has 2 N–H and O–H groups in total. The van der Waals surface area contributed by atoms with Gasteiger partial charge in [0.25, 0.3) is 0 Å². The summed E-state index contributed by atoms with van der Waals surface area (Å²) in [5.41, 5.74) is 0.474. The molecule has 0 aliphatic carbocycles. The van der Waals surface area contributed by atoms with Gasteiger partial charge in [-0.3, -0.25) is 0 Å². The van der Waals surface area contributed by atoms with Crippen molar-refractivity contribution in [1.82, 2.24) is 20.8 Å². The molecule has 0 fully saturated rings. The zero-order valence-electron chi connectivity index (χ0n) is 16.7. The van der Waals surface area contributed by atoms with Crippen molar-refractivity contribution in [3.05, 3.63) is 40.5 Å². The second-order valence-electron chi connectivity index (χ2n) is 6.56. The molecular formula is C19H26ClF2N5O2. The molecule has 0 bridgehead atoms. The molecule has 0 aliphatic rings. The molecule has 0 amide bonds. The summed E-state index contributed by atoms with van der Waals surface area (Å²) < 4.78 is 34.9. The van der Waals surface area contributed by atoms with E-state index < -0.39 is 6.61 Å². The molecule has 10 heteroatoms. The highest BCUT2D eigenvalue weighted by atomic mass is 35.5. The van der Waals surface area contributed by atoms with Crippen LogP contribution in [0, 0.1) is 0 Å². The first kappa shape index (κ1) is 22.9. The minimum Gasteiger partial charge on any atom is -0.434 e. The topological polar surface area (TPSA) is 84.6 Å². The molecule has 1 aromatic heterocycles. The van der Waals surface area contributed by atoms with Crippen LogP contribution in [0.1, 0.15) is 50.4 Å². The number of nitrogens with zero attached hydrogens (tertiary/aromatic N) is 3. The first-order valence-corrected chi connectivity index (χ1v) is 9.84. The first-order chi connectivity index (χ1) is 13.9. The van der Waals surface area contributed by atoms with Crippen molar-refractivity contribution in [3.8, 4) is 5.75 Å². The van der Waals surface area contributed by atoms with Crippen molar-refractivity contribution in [3.63, 3.8) is 0 Å². The zero-order chi connectivity index (χ0) is 21.2. The Labute approximate surface area is 173 Å². The lowest BCUT2D eigenvalue weighted by molar-refractivity contribution is -0.0504. The second kappa shape index (κ2) is 11.5. The Morgan fingerprint density at radius 2 is 2.10 bits per heavy atom. The Kier molecular flexibility index (Phi) is 9.11. The first-order valence-electron chi connectivity index (χ1n) is 9.47. The maximum absolute atomic E-state index is 12.6. The average molecular weight is 430 g/mol. The van der Waals surface area contributed by atoms with E-state index >= 15 is 0 Å². The normalized spacial score (nSPS) is 11.9. The van der Waals surface area contributed by atoms with Gasteiger partial charge in [-0.2, -0.15) is 13.8 Å². The molecule has 29 heavy (non-hydrogen) atoms. The van der Waals surface area contributed by atoms with Crippen molar-refractivity contribution >= 4 is 17.6 Å². The van der Waals surface area contributed by atoms with Gasteiger partial charge in [0.05, 0.1) is 6.54 Å². The Morgan fingerprint density at radius 3 is 2.76 bits per heavy atom. The van der Waals surface area contributed by atoms with E-state index in [4.69, 9.17) is 16.1 Å². The van der Waals surface area contributed by atoms with Gasteiger partial charge >= 0.3 is 6.61 Å². The summed E-state index contributed by atoms with van der Waals surface area (Å²) in [6.07, 6.45) is 1.41. The number of aromatic nitrogens is 2. The van der Waals surface area contributed by atoms with Gasteiger partial charge in [-0.05, 0) is 31.5 Å². The summed E-state index contributed by atoms with van der Waals surface area (Å²) >= 11 is 5.97. The van der Waals surface area contributed by atoms with Gasteiger partial charge in [-0.15, -0.1) is 0 Å². The molecule has 2 rings (SSSR count).